The van der Waals surface area contributed by atoms with Crippen LogP contribution >= 0.6 is 0 Å². The number of aromatic hydroxyl groups is 2. The SMILES string of the molecule is O=C(C=Cc1ccc(O)c(O)c1)OC1C=C(C(=O)O)OC(C(=O)O)C1O. The van der Waals surface area contributed by atoms with Crippen LogP contribution in [-0.4, -0.2) is 61.8 Å². The monoisotopic (exact) mass is 366 g/mol. The number of carboxylic acid groups (broad SMARTS) is 2. The van der Waals surface area contributed by atoms with Gasteiger partial charge in [0.15, 0.2) is 17.6 Å². The summed E-state index contributed by atoms with van der Waals surface area (Å²) in [6, 6.07) is 3.76. The van der Waals surface area contributed by atoms with Crippen molar-refractivity contribution in [3.05, 3.63) is 41.7 Å². The van der Waals surface area contributed by atoms with E-state index in [1.807, 2.05) is 0 Å². The molecule has 0 saturated carbocycles. The van der Waals surface area contributed by atoms with Gasteiger partial charge in [0, 0.05) is 12.2 Å². The lowest BCUT2D eigenvalue weighted by Crippen LogP contribution is -2.48. The fraction of sp³-hybridized carbons (Fsp3) is 0.188. The highest BCUT2D eigenvalue weighted by molar-refractivity contribution is 5.88. The molecule has 138 valence electrons. The van der Waals surface area contributed by atoms with Crippen molar-refractivity contribution >= 4 is 24.0 Å². The van der Waals surface area contributed by atoms with Crippen molar-refractivity contribution in [3.63, 3.8) is 0 Å². The van der Waals surface area contributed by atoms with E-state index >= 15 is 0 Å². The molecule has 1 aromatic rings. The number of aliphatic hydroxyl groups is 1. The molecular formula is C16H14O10. The minimum Gasteiger partial charge on any atom is -0.504 e. The van der Waals surface area contributed by atoms with Gasteiger partial charge in [-0.05, 0) is 23.8 Å². The summed E-state index contributed by atoms with van der Waals surface area (Å²) in [6.07, 6.45) is -2.36. The van der Waals surface area contributed by atoms with Crippen LogP contribution < -0.4 is 0 Å². The van der Waals surface area contributed by atoms with Gasteiger partial charge in [0.2, 0.25) is 11.9 Å². The second kappa shape index (κ2) is 7.57. The number of hydrogen-bond acceptors (Lipinski definition) is 8. The van der Waals surface area contributed by atoms with Crippen molar-refractivity contribution in [1.29, 1.82) is 0 Å². The van der Waals surface area contributed by atoms with E-state index in [0.717, 1.165) is 12.2 Å². The maximum absolute atomic E-state index is 11.8. The molecule has 5 N–H and O–H groups in total. The molecule has 2 rings (SSSR count). The van der Waals surface area contributed by atoms with E-state index in [9.17, 15) is 29.7 Å². The van der Waals surface area contributed by atoms with Gasteiger partial charge in [0.1, 0.15) is 6.10 Å². The first-order chi connectivity index (χ1) is 12.2. The van der Waals surface area contributed by atoms with Crippen molar-refractivity contribution in [2.24, 2.45) is 0 Å². The minimum absolute atomic E-state index is 0.343. The second-order valence-electron chi connectivity index (χ2n) is 5.19. The van der Waals surface area contributed by atoms with E-state index in [1.165, 1.54) is 24.3 Å². The largest absolute Gasteiger partial charge is 0.504 e. The Morgan fingerprint density at radius 1 is 1.12 bits per heavy atom. The highest BCUT2D eigenvalue weighted by Gasteiger charge is 2.41. The van der Waals surface area contributed by atoms with Gasteiger partial charge in [-0.3, -0.25) is 0 Å². The molecule has 0 spiro atoms. The lowest BCUT2D eigenvalue weighted by atomic mass is 10.0. The zero-order valence-corrected chi connectivity index (χ0v) is 13.0. The Balaban J connectivity index is 2.13. The fourth-order valence-corrected chi connectivity index (χ4v) is 2.07. The Bertz CT molecular complexity index is 794. The number of carbonyl (C=O) groups is 3. The van der Waals surface area contributed by atoms with Gasteiger partial charge in [-0.2, -0.15) is 0 Å². The number of esters is 1. The molecule has 3 atom stereocenters. The maximum Gasteiger partial charge on any atom is 0.370 e. The molecule has 1 aliphatic heterocycles. The third-order valence-electron chi connectivity index (χ3n) is 3.33. The molecule has 0 aromatic heterocycles. The number of phenolic OH excluding ortho intramolecular Hbond substituents is 2. The number of benzene rings is 1. The summed E-state index contributed by atoms with van der Waals surface area (Å²) in [5.74, 6) is -5.73. The Morgan fingerprint density at radius 2 is 1.81 bits per heavy atom. The smallest absolute Gasteiger partial charge is 0.370 e. The van der Waals surface area contributed by atoms with Crippen LogP contribution in [0.4, 0.5) is 0 Å². The third-order valence-corrected chi connectivity index (χ3v) is 3.33. The first-order valence-corrected chi connectivity index (χ1v) is 7.12. The van der Waals surface area contributed by atoms with Crippen LogP contribution in [0.25, 0.3) is 6.08 Å². The van der Waals surface area contributed by atoms with Gasteiger partial charge in [-0.1, -0.05) is 6.07 Å². The predicted molar refractivity (Wildman–Crippen MR) is 82.9 cm³/mol. The number of aliphatic carboxylic acids is 2. The molecule has 26 heavy (non-hydrogen) atoms. The van der Waals surface area contributed by atoms with Crippen LogP contribution in [0.15, 0.2) is 36.1 Å². The highest BCUT2D eigenvalue weighted by atomic mass is 16.6. The Hall–Kier alpha value is -3.53. The zero-order chi connectivity index (χ0) is 19.4. The zero-order valence-electron chi connectivity index (χ0n) is 13.0. The molecule has 0 saturated heterocycles. The molecule has 0 aliphatic carbocycles. The predicted octanol–water partition coefficient (Wildman–Crippen LogP) is -0.164. The van der Waals surface area contributed by atoms with E-state index in [4.69, 9.17) is 14.9 Å². The Kier molecular flexibility index (Phi) is 5.48. The van der Waals surface area contributed by atoms with E-state index in [2.05, 4.69) is 4.74 Å². The van der Waals surface area contributed by atoms with E-state index in [-0.39, 0.29) is 5.75 Å². The van der Waals surface area contributed by atoms with Crippen LogP contribution in [0.2, 0.25) is 0 Å². The maximum atomic E-state index is 11.8. The minimum atomic E-state index is -1.91. The van der Waals surface area contributed by atoms with Crippen molar-refractivity contribution in [2.75, 3.05) is 0 Å². The molecule has 0 radical (unpaired) electrons. The lowest BCUT2D eigenvalue weighted by Gasteiger charge is -2.30. The van der Waals surface area contributed by atoms with Crippen molar-refractivity contribution in [2.45, 2.75) is 18.3 Å². The summed E-state index contributed by atoms with van der Waals surface area (Å²) < 4.78 is 9.51. The Labute approximate surface area is 145 Å². The van der Waals surface area contributed by atoms with Crippen LogP contribution in [0.1, 0.15) is 5.56 Å². The molecule has 1 heterocycles. The average molecular weight is 366 g/mol. The molecular weight excluding hydrogens is 352 g/mol. The van der Waals surface area contributed by atoms with Gasteiger partial charge >= 0.3 is 17.9 Å². The van der Waals surface area contributed by atoms with Crippen LogP contribution in [0, 0.1) is 0 Å². The molecule has 10 heteroatoms. The first-order valence-electron chi connectivity index (χ1n) is 7.12. The number of phenols is 2. The molecule has 3 unspecified atom stereocenters. The second-order valence-corrected chi connectivity index (χ2v) is 5.19. The molecule has 1 aromatic carbocycles. The quantitative estimate of drug-likeness (QED) is 0.268. The summed E-state index contributed by atoms with van der Waals surface area (Å²) in [7, 11) is 0. The van der Waals surface area contributed by atoms with Crippen molar-refractivity contribution in [1.82, 2.24) is 0 Å². The molecule has 0 fully saturated rings. The van der Waals surface area contributed by atoms with Gasteiger partial charge in [-0.15, -0.1) is 0 Å². The van der Waals surface area contributed by atoms with Gasteiger partial charge in [0.05, 0.1) is 0 Å². The van der Waals surface area contributed by atoms with Crippen molar-refractivity contribution in [3.8, 4) is 11.5 Å². The van der Waals surface area contributed by atoms with E-state index in [1.54, 1.807) is 0 Å². The van der Waals surface area contributed by atoms with Gasteiger partial charge in [-0.25, -0.2) is 14.4 Å². The third kappa shape index (κ3) is 4.30. The number of hydrogen-bond donors (Lipinski definition) is 5. The normalized spacial score (nSPS) is 22.3. The van der Waals surface area contributed by atoms with Gasteiger partial charge < -0.3 is 35.0 Å². The van der Waals surface area contributed by atoms with E-state index < -0.39 is 47.7 Å². The highest BCUT2D eigenvalue weighted by Crippen LogP contribution is 2.25. The first kappa shape index (κ1) is 18.8. The van der Waals surface area contributed by atoms with E-state index in [0.29, 0.717) is 5.56 Å². The summed E-state index contributed by atoms with van der Waals surface area (Å²) in [6.45, 7) is 0. The summed E-state index contributed by atoms with van der Waals surface area (Å²) in [5.41, 5.74) is 0.343. The number of carbonyl (C=O) groups excluding carboxylic acids is 1. The number of aliphatic hydroxyl groups excluding tert-OH is 1. The number of carboxylic acids is 2. The average Bonchev–Trinajstić information content (AvgIpc) is 2.57. The number of rotatable bonds is 5. The summed E-state index contributed by atoms with van der Waals surface area (Å²) in [5, 5.41) is 46.3. The van der Waals surface area contributed by atoms with Gasteiger partial charge in [0.25, 0.3) is 0 Å². The van der Waals surface area contributed by atoms with Crippen molar-refractivity contribution < 1.29 is 49.4 Å². The van der Waals surface area contributed by atoms with Crippen LogP contribution in [-0.2, 0) is 23.9 Å². The molecule has 0 amide bonds. The molecule has 0 bridgehead atoms. The number of ether oxygens (including phenoxy) is 2. The Morgan fingerprint density at radius 3 is 2.38 bits per heavy atom. The van der Waals surface area contributed by atoms with Crippen LogP contribution in [0.5, 0.6) is 11.5 Å². The molecule has 10 nitrogen and oxygen atoms in total. The lowest BCUT2D eigenvalue weighted by molar-refractivity contribution is -0.172. The molecule has 1 aliphatic rings. The topological polar surface area (TPSA) is 171 Å². The van der Waals surface area contributed by atoms with Crippen LogP contribution in [0.3, 0.4) is 0 Å². The fourth-order valence-electron chi connectivity index (χ4n) is 2.07. The summed E-state index contributed by atoms with van der Waals surface area (Å²) >= 11 is 0. The summed E-state index contributed by atoms with van der Waals surface area (Å²) in [4.78, 5) is 33.8. The standard InChI is InChI=1S/C16H14O10/c17-8-3-1-7(5-9(8)18)2-4-12(19)25-10-6-11(15(21)22)26-14(13(10)20)16(23)24/h1-6,10,13-14,17-18,20H,(H,21,22)(H,23,24).